The number of primary sulfonamides is 1. The van der Waals surface area contributed by atoms with Crippen molar-refractivity contribution in [2.75, 3.05) is 6.54 Å². The lowest BCUT2D eigenvalue weighted by molar-refractivity contribution is 0.473. The van der Waals surface area contributed by atoms with Crippen LogP contribution >= 0.6 is 11.6 Å². The Kier molecular flexibility index (Phi) is 5.02. The molecule has 0 unspecified atom stereocenters. The van der Waals surface area contributed by atoms with Crippen LogP contribution in [0, 0.1) is 5.82 Å². The average molecular weight is 345 g/mol. The lowest BCUT2D eigenvalue weighted by Gasteiger charge is -2.12. The molecule has 0 bridgehead atoms. The van der Waals surface area contributed by atoms with Crippen molar-refractivity contribution in [3.05, 3.63) is 52.8 Å². The number of ether oxygens (including phenoxy) is 1. The average Bonchev–Trinajstić information content (AvgIpc) is 2.44. The van der Waals surface area contributed by atoms with Gasteiger partial charge >= 0.3 is 0 Å². The summed E-state index contributed by atoms with van der Waals surface area (Å²) in [5.41, 5.74) is 6.10. The Morgan fingerprint density at radius 2 is 1.91 bits per heavy atom. The molecule has 0 heterocycles. The summed E-state index contributed by atoms with van der Waals surface area (Å²) >= 11 is 5.70. The maximum absolute atomic E-state index is 13.1. The topological polar surface area (TPSA) is 95.4 Å². The molecule has 22 heavy (non-hydrogen) atoms. The van der Waals surface area contributed by atoms with Crippen molar-refractivity contribution in [2.24, 2.45) is 10.9 Å². The molecule has 0 saturated heterocycles. The van der Waals surface area contributed by atoms with E-state index in [1.165, 1.54) is 36.4 Å². The first-order valence-electron chi connectivity index (χ1n) is 6.30. The minimum Gasteiger partial charge on any atom is -0.457 e. The van der Waals surface area contributed by atoms with Gasteiger partial charge in [-0.2, -0.15) is 0 Å². The Morgan fingerprint density at radius 1 is 1.18 bits per heavy atom. The van der Waals surface area contributed by atoms with E-state index < -0.39 is 15.8 Å². The molecule has 2 rings (SSSR count). The summed E-state index contributed by atoms with van der Waals surface area (Å²) in [6.45, 7) is 0.300. The van der Waals surface area contributed by atoms with Gasteiger partial charge in [-0.3, -0.25) is 0 Å². The standard InChI is InChI=1S/C14H14ClFN2O3S/c15-12-8-10(1-3-13(12)16)21-14-4-2-11(22(18,19)20)7-9(14)5-6-17/h1-4,7-8H,5-6,17H2,(H2,18,19,20). The van der Waals surface area contributed by atoms with Crippen molar-refractivity contribution in [3.8, 4) is 11.5 Å². The van der Waals surface area contributed by atoms with Gasteiger partial charge in [0.2, 0.25) is 10.0 Å². The highest BCUT2D eigenvalue weighted by Gasteiger charge is 2.13. The van der Waals surface area contributed by atoms with Gasteiger partial charge < -0.3 is 10.5 Å². The van der Waals surface area contributed by atoms with Gasteiger partial charge in [-0.15, -0.1) is 0 Å². The first-order chi connectivity index (χ1) is 10.3. The van der Waals surface area contributed by atoms with E-state index >= 15 is 0 Å². The quantitative estimate of drug-likeness (QED) is 0.870. The van der Waals surface area contributed by atoms with E-state index in [9.17, 15) is 12.8 Å². The Hall–Kier alpha value is -1.67. The highest BCUT2D eigenvalue weighted by molar-refractivity contribution is 7.89. The maximum atomic E-state index is 13.1. The molecule has 4 N–H and O–H groups in total. The zero-order chi connectivity index (χ0) is 16.3. The minimum atomic E-state index is -3.81. The van der Waals surface area contributed by atoms with Crippen molar-refractivity contribution >= 4 is 21.6 Å². The summed E-state index contributed by atoms with van der Waals surface area (Å²) in [6, 6.07) is 8.14. The molecule has 0 amide bonds. The Morgan fingerprint density at radius 3 is 2.50 bits per heavy atom. The molecular weight excluding hydrogens is 331 g/mol. The highest BCUT2D eigenvalue weighted by atomic mass is 35.5. The second kappa shape index (κ2) is 6.62. The van der Waals surface area contributed by atoms with E-state index in [1.54, 1.807) is 0 Å². The zero-order valence-corrected chi connectivity index (χ0v) is 13.0. The fourth-order valence-corrected chi connectivity index (χ4v) is 2.59. The van der Waals surface area contributed by atoms with Gasteiger partial charge in [-0.1, -0.05) is 11.6 Å². The molecule has 0 radical (unpaired) electrons. The van der Waals surface area contributed by atoms with Gasteiger partial charge in [0.15, 0.2) is 0 Å². The van der Waals surface area contributed by atoms with Gasteiger partial charge in [0.1, 0.15) is 17.3 Å². The summed E-state index contributed by atoms with van der Waals surface area (Å²) in [6.07, 6.45) is 0.396. The first kappa shape index (κ1) is 16.7. The predicted octanol–water partition coefficient (Wildman–Crippen LogP) is 2.42. The number of hydrogen-bond donors (Lipinski definition) is 2. The van der Waals surface area contributed by atoms with Gasteiger partial charge in [-0.25, -0.2) is 17.9 Å². The fourth-order valence-electron chi connectivity index (χ4n) is 1.85. The third kappa shape index (κ3) is 3.95. The van der Waals surface area contributed by atoms with Crippen molar-refractivity contribution in [3.63, 3.8) is 0 Å². The van der Waals surface area contributed by atoms with Crippen LogP contribution in [0.4, 0.5) is 4.39 Å². The summed E-state index contributed by atoms with van der Waals surface area (Å²) < 4.78 is 41.5. The number of halogens is 2. The highest BCUT2D eigenvalue weighted by Crippen LogP contribution is 2.30. The van der Waals surface area contributed by atoms with Crippen LogP contribution < -0.4 is 15.6 Å². The molecule has 0 spiro atoms. The summed E-state index contributed by atoms with van der Waals surface area (Å²) in [5, 5.41) is 5.03. The Balaban J connectivity index is 2.39. The van der Waals surface area contributed by atoms with Crippen molar-refractivity contribution in [2.45, 2.75) is 11.3 Å². The normalized spacial score (nSPS) is 11.5. The molecule has 0 aliphatic heterocycles. The zero-order valence-electron chi connectivity index (χ0n) is 11.4. The lowest BCUT2D eigenvalue weighted by atomic mass is 10.1. The molecule has 118 valence electrons. The van der Waals surface area contributed by atoms with Gasteiger partial charge in [0, 0.05) is 6.07 Å². The van der Waals surface area contributed by atoms with Gasteiger partial charge in [0.25, 0.3) is 0 Å². The van der Waals surface area contributed by atoms with Crippen molar-refractivity contribution in [1.29, 1.82) is 0 Å². The lowest BCUT2D eigenvalue weighted by Crippen LogP contribution is -2.13. The van der Waals surface area contributed by atoms with Crippen LogP contribution in [0.25, 0.3) is 0 Å². The molecule has 5 nitrogen and oxygen atoms in total. The van der Waals surface area contributed by atoms with E-state index in [0.29, 0.717) is 30.0 Å². The van der Waals surface area contributed by atoms with Crippen LogP contribution in [0.5, 0.6) is 11.5 Å². The first-order valence-corrected chi connectivity index (χ1v) is 8.22. The van der Waals surface area contributed by atoms with E-state index in [2.05, 4.69) is 0 Å². The molecule has 0 aromatic heterocycles. The minimum absolute atomic E-state index is 0.0274. The van der Waals surface area contributed by atoms with Crippen LogP contribution in [0.1, 0.15) is 5.56 Å². The fraction of sp³-hybridized carbons (Fsp3) is 0.143. The molecular formula is C14H14ClFN2O3S. The molecule has 8 heteroatoms. The Labute approximate surface area is 132 Å². The molecule has 0 saturated carbocycles. The third-order valence-corrected chi connectivity index (χ3v) is 4.09. The number of hydrogen-bond acceptors (Lipinski definition) is 4. The largest absolute Gasteiger partial charge is 0.457 e. The third-order valence-electron chi connectivity index (χ3n) is 2.89. The summed E-state index contributed by atoms with van der Waals surface area (Å²) in [7, 11) is -3.81. The van der Waals surface area contributed by atoms with E-state index in [-0.39, 0.29) is 9.92 Å². The maximum Gasteiger partial charge on any atom is 0.238 e. The second-order valence-corrected chi connectivity index (χ2v) is 6.50. The van der Waals surface area contributed by atoms with Crippen LogP contribution in [0.3, 0.4) is 0 Å². The number of nitrogens with two attached hydrogens (primary N) is 2. The summed E-state index contributed by atoms with van der Waals surface area (Å²) in [5.74, 6) is 0.175. The number of rotatable bonds is 5. The van der Waals surface area contributed by atoms with Crippen molar-refractivity contribution < 1.29 is 17.5 Å². The van der Waals surface area contributed by atoms with Gasteiger partial charge in [0.05, 0.1) is 9.92 Å². The monoisotopic (exact) mass is 344 g/mol. The molecule has 0 fully saturated rings. The van der Waals surface area contributed by atoms with Crippen molar-refractivity contribution in [1.82, 2.24) is 0 Å². The van der Waals surface area contributed by atoms with Crippen LogP contribution in [-0.2, 0) is 16.4 Å². The van der Waals surface area contributed by atoms with Gasteiger partial charge in [-0.05, 0) is 48.9 Å². The Bertz CT molecular complexity index is 797. The van der Waals surface area contributed by atoms with Crippen LogP contribution in [0.15, 0.2) is 41.3 Å². The molecule has 0 aliphatic carbocycles. The molecule has 0 aliphatic rings. The SMILES string of the molecule is NCCc1cc(S(N)(=O)=O)ccc1Oc1ccc(F)c(Cl)c1. The predicted molar refractivity (Wildman–Crippen MR) is 82.1 cm³/mol. The van der Waals surface area contributed by atoms with Crippen LogP contribution in [-0.4, -0.2) is 15.0 Å². The molecule has 2 aromatic carbocycles. The number of sulfonamides is 1. The van der Waals surface area contributed by atoms with E-state index in [1.807, 2.05) is 0 Å². The molecule has 2 aromatic rings. The second-order valence-electron chi connectivity index (χ2n) is 4.53. The van der Waals surface area contributed by atoms with E-state index in [0.717, 1.165) is 0 Å². The van der Waals surface area contributed by atoms with Crippen LogP contribution in [0.2, 0.25) is 5.02 Å². The van der Waals surface area contributed by atoms with E-state index in [4.69, 9.17) is 27.2 Å². The number of benzene rings is 2. The smallest absolute Gasteiger partial charge is 0.238 e. The summed E-state index contributed by atoms with van der Waals surface area (Å²) in [4.78, 5) is -0.0274. The molecule has 0 atom stereocenters.